The minimum absolute atomic E-state index is 0.652. The summed E-state index contributed by atoms with van der Waals surface area (Å²) in [5.74, 6) is 0.652. The summed E-state index contributed by atoms with van der Waals surface area (Å²) in [6.07, 6.45) is 6.28. The number of likely N-dealkylation sites (tertiary alicyclic amines) is 1. The van der Waals surface area contributed by atoms with E-state index in [1.165, 1.54) is 50.2 Å². The summed E-state index contributed by atoms with van der Waals surface area (Å²) in [6.45, 7) is 7.62. The molecule has 2 saturated heterocycles. The van der Waals surface area contributed by atoms with Gasteiger partial charge in [-0.1, -0.05) is 0 Å². The quantitative estimate of drug-likeness (QED) is 0.767. The molecule has 3 heteroatoms. The van der Waals surface area contributed by atoms with Crippen LogP contribution in [0.3, 0.4) is 0 Å². The summed E-state index contributed by atoms with van der Waals surface area (Å²) in [7, 11) is 0. The number of ether oxygens (including phenoxy) is 1. The Morgan fingerprint density at radius 2 is 2.11 bits per heavy atom. The Morgan fingerprint density at radius 3 is 2.83 bits per heavy atom. The highest BCUT2D eigenvalue weighted by molar-refractivity contribution is 5.84. The van der Waals surface area contributed by atoms with Gasteiger partial charge in [-0.25, -0.2) is 0 Å². The fourth-order valence-corrected chi connectivity index (χ4v) is 3.36. The first-order chi connectivity index (χ1) is 8.83. The Hall–Kier alpha value is -0.670. The van der Waals surface area contributed by atoms with Crippen LogP contribution in [-0.4, -0.2) is 43.5 Å². The molecule has 0 aromatic rings. The van der Waals surface area contributed by atoms with Gasteiger partial charge in [0.25, 0.3) is 0 Å². The van der Waals surface area contributed by atoms with Crippen molar-refractivity contribution in [1.82, 2.24) is 4.90 Å². The molecule has 0 saturated carbocycles. The number of nitrogens with zero attached hydrogens (tertiary/aromatic N) is 2. The van der Waals surface area contributed by atoms with Gasteiger partial charge in [-0.05, 0) is 57.7 Å². The lowest BCUT2D eigenvalue weighted by atomic mass is 9.89. The summed E-state index contributed by atoms with van der Waals surface area (Å²) in [4.78, 5) is 7.43. The number of rotatable bonds is 3. The lowest BCUT2D eigenvalue weighted by Crippen LogP contribution is -2.25. The molecule has 18 heavy (non-hydrogen) atoms. The molecular formula is C15H24N2O. The minimum Gasteiger partial charge on any atom is -0.381 e. The summed E-state index contributed by atoms with van der Waals surface area (Å²) >= 11 is 0. The molecule has 3 heterocycles. The van der Waals surface area contributed by atoms with Crippen molar-refractivity contribution in [1.29, 1.82) is 0 Å². The monoisotopic (exact) mass is 248 g/mol. The maximum atomic E-state index is 5.56. The fraction of sp³-hybridized carbons (Fsp3) is 0.800. The smallest absolute Gasteiger partial charge is 0.0539 e. The SMILES string of the molecule is CC1=NC(CN2CCCC2)=C(C2CCOC2)CC1. The topological polar surface area (TPSA) is 24.8 Å². The van der Waals surface area contributed by atoms with Crippen molar-refractivity contribution in [3.8, 4) is 0 Å². The third-order valence-corrected chi connectivity index (χ3v) is 4.45. The second-order valence-corrected chi connectivity index (χ2v) is 5.86. The summed E-state index contributed by atoms with van der Waals surface area (Å²) in [6, 6.07) is 0. The van der Waals surface area contributed by atoms with Gasteiger partial charge in [0.15, 0.2) is 0 Å². The van der Waals surface area contributed by atoms with Crippen LogP contribution in [0.15, 0.2) is 16.3 Å². The van der Waals surface area contributed by atoms with Crippen molar-refractivity contribution < 1.29 is 4.74 Å². The van der Waals surface area contributed by atoms with E-state index in [1.807, 2.05) is 0 Å². The van der Waals surface area contributed by atoms with E-state index in [9.17, 15) is 0 Å². The standard InChI is InChI=1S/C15H24N2O/c1-12-4-5-14(13-6-9-18-11-13)15(16-12)10-17-7-2-3-8-17/h13H,2-11H2,1H3. The van der Waals surface area contributed by atoms with E-state index >= 15 is 0 Å². The lowest BCUT2D eigenvalue weighted by molar-refractivity contribution is 0.189. The van der Waals surface area contributed by atoms with Crippen LogP contribution >= 0.6 is 0 Å². The van der Waals surface area contributed by atoms with Crippen molar-refractivity contribution in [2.45, 2.75) is 39.0 Å². The van der Waals surface area contributed by atoms with Gasteiger partial charge in [-0.3, -0.25) is 9.89 Å². The third kappa shape index (κ3) is 2.67. The van der Waals surface area contributed by atoms with E-state index in [4.69, 9.17) is 9.73 Å². The molecular weight excluding hydrogens is 224 g/mol. The molecule has 0 radical (unpaired) electrons. The zero-order chi connectivity index (χ0) is 12.4. The molecule has 3 aliphatic heterocycles. The van der Waals surface area contributed by atoms with Crippen molar-refractivity contribution >= 4 is 5.71 Å². The van der Waals surface area contributed by atoms with Gasteiger partial charge in [0, 0.05) is 24.8 Å². The Balaban J connectivity index is 1.78. The molecule has 0 aliphatic carbocycles. The zero-order valence-corrected chi connectivity index (χ0v) is 11.5. The maximum Gasteiger partial charge on any atom is 0.0539 e. The Morgan fingerprint density at radius 1 is 1.28 bits per heavy atom. The summed E-state index contributed by atoms with van der Waals surface area (Å²) < 4.78 is 5.56. The molecule has 0 bridgehead atoms. The first-order valence-electron chi connectivity index (χ1n) is 7.39. The molecule has 0 amide bonds. The molecule has 1 unspecified atom stereocenters. The zero-order valence-electron chi connectivity index (χ0n) is 11.5. The van der Waals surface area contributed by atoms with Crippen LogP contribution in [0.1, 0.15) is 39.0 Å². The predicted molar refractivity (Wildman–Crippen MR) is 74.0 cm³/mol. The fourth-order valence-electron chi connectivity index (χ4n) is 3.36. The number of aliphatic imine (C=N–C) groups is 1. The second kappa shape index (κ2) is 5.54. The van der Waals surface area contributed by atoms with Crippen molar-refractivity contribution in [2.24, 2.45) is 10.9 Å². The van der Waals surface area contributed by atoms with Crippen LogP contribution in [0.25, 0.3) is 0 Å². The van der Waals surface area contributed by atoms with Gasteiger partial charge in [0.05, 0.1) is 12.3 Å². The maximum absolute atomic E-state index is 5.56. The van der Waals surface area contributed by atoms with Crippen LogP contribution < -0.4 is 0 Å². The van der Waals surface area contributed by atoms with E-state index in [0.29, 0.717) is 5.92 Å². The summed E-state index contributed by atoms with van der Waals surface area (Å²) in [5, 5.41) is 0. The molecule has 3 nitrogen and oxygen atoms in total. The highest BCUT2D eigenvalue weighted by Gasteiger charge is 2.26. The normalized spacial score (nSPS) is 30.1. The minimum atomic E-state index is 0.652. The molecule has 1 atom stereocenters. The van der Waals surface area contributed by atoms with Crippen LogP contribution in [0.4, 0.5) is 0 Å². The molecule has 0 aromatic carbocycles. The highest BCUT2D eigenvalue weighted by Crippen LogP contribution is 2.32. The van der Waals surface area contributed by atoms with Crippen molar-refractivity contribution in [3.05, 3.63) is 11.3 Å². The lowest BCUT2D eigenvalue weighted by Gasteiger charge is -2.25. The summed E-state index contributed by atoms with van der Waals surface area (Å²) in [5.41, 5.74) is 4.29. The second-order valence-electron chi connectivity index (χ2n) is 5.86. The predicted octanol–water partition coefficient (Wildman–Crippen LogP) is 2.63. The van der Waals surface area contributed by atoms with Crippen molar-refractivity contribution in [2.75, 3.05) is 32.8 Å². The highest BCUT2D eigenvalue weighted by atomic mass is 16.5. The number of hydrogen-bond donors (Lipinski definition) is 0. The average Bonchev–Trinajstić information content (AvgIpc) is 3.01. The molecule has 3 rings (SSSR count). The Labute approximate surface area is 110 Å². The van der Waals surface area contributed by atoms with Gasteiger partial charge in [0.2, 0.25) is 0 Å². The average molecular weight is 248 g/mol. The van der Waals surface area contributed by atoms with Gasteiger partial charge >= 0.3 is 0 Å². The Bertz CT molecular complexity index is 361. The van der Waals surface area contributed by atoms with E-state index in [0.717, 1.165) is 26.2 Å². The first-order valence-corrected chi connectivity index (χ1v) is 7.39. The largest absolute Gasteiger partial charge is 0.381 e. The van der Waals surface area contributed by atoms with Crippen LogP contribution in [0.5, 0.6) is 0 Å². The molecule has 0 N–H and O–H groups in total. The van der Waals surface area contributed by atoms with E-state index in [2.05, 4.69) is 11.8 Å². The van der Waals surface area contributed by atoms with Crippen LogP contribution in [0.2, 0.25) is 0 Å². The third-order valence-electron chi connectivity index (χ3n) is 4.45. The number of hydrogen-bond acceptors (Lipinski definition) is 3. The first kappa shape index (κ1) is 12.4. The molecule has 3 aliphatic rings. The van der Waals surface area contributed by atoms with Crippen molar-refractivity contribution in [3.63, 3.8) is 0 Å². The van der Waals surface area contributed by atoms with Gasteiger partial charge in [0.1, 0.15) is 0 Å². The van der Waals surface area contributed by atoms with E-state index in [-0.39, 0.29) is 0 Å². The molecule has 0 spiro atoms. The van der Waals surface area contributed by atoms with E-state index in [1.54, 1.807) is 5.57 Å². The Kier molecular flexibility index (Phi) is 3.80. The molecule has 2 fully saturated rings. The van der Waals surface area contributed by atoms with Crippen LogP contribution in [0, 0.1) is 5.92 Å². The van der Waals surface area contributed by atoms with Gasteiger partial charge in [-0.2, -0.15) is 0 Å². The molecule has 0 aromatic heterocycles. The van der Waals surface area contributed by atoms with E-state index < -0.39 is 0 Å². The van der Waals surface area contributed by atoms with Crippen LogP contribution in [-0.2, 0) is 4.74 Å². The molecule has 100 valence electrons. The van der Waals surface area contributed by atoms with Gasteiger partial charge in [-0.15, -0.1) is 0 Å². The van der Waals surface area contributed by atoms with Gasteiger partial charge < -0.3 is 4.74 Å².